The number of fused-ring (bicyclic) bond motifs is 1. The minimum atomic E-state index is -0.0831. The van der Waals surface area contributed by atoms with Gasteiger partial charge in [-0.1, -0.05) is 18.2 Å². The number of aromatic nitrogens is 2. The number of hydrogen-bond donors (Lipinski definition) is 2. The molecule has 1 aliphatic heterocycles. The van der Waals surface area contributed by atoms with E-state index in [-0.39, 0.29) is 5.91 Å². The van der Waals surface area contributed by atoms with Crippen molar-refractivity contribution in [2.75, 3.05) is 5.32 Å². The third-order valence-corrected chi connectivity index (χ3v) is 2.71. The molecule has 0 radical (unpaired) electrons. The number of hydrogen-bond acceptors (Lipinski definition) is 2. The van der Waals surface area contributed by atoms with Crippen LogP contribution in [0.5, 0.6) is 0 Å². The van der Waals surface area contributed by atoms with Crippen LogP contribution in [0.15, 0.2) is 30.5 Å². The molecule has 1 aromatic heterocycles. The number of rotatable bonds is 1. The molecule has 84 valence electrons. The Hall–Kier alpha value is -2.36. The summed E-state index contributed by atoms with van der Waals surface area (Å²) in [6.07, 6.45) is 3.51. The van der Waals surface area contributed by atoms with Gasteiger partial charge in [-0.2, -0.15) is 0 Å². The molecule has 1 aliphatic rings. The van der Waals surface area contributed by atoms with Gasteiger partial charge >= 0.3 is 0 Å². The summed E-state index contributed by atoms with van der Waals surface area (Å²) in [4.78, 5) is 19.1. The molecule has 0 aliphatic carbocycles. The number of carbonyl (C=O) groups excluding carboxylic acids is 1. The van der Waals surface area contributed by atoms with E-state index in [0.29, 0.717) is 11.4 Å². The van der Waals surface area contributed by atoms with Crippen LogP contribution in [0.25, 0.3) is 11.6 Å². The average molecular weight is 225 g/mol. The number of carbonyl (C=O) groups is 1. The number of aromatic amines is 1. The van der Waals surface area contributed by atoms with Crippen LogP contribution in [0.2, 0.25) is 0 Å². The summed E-state index contributed by atoms with van der Waals surface area (Å²) in [5, 5.41) is 2.83. The van der Waals surface area contributed by atoms with Gasteiger partial charge in [0.05, 0.1) is 5.57 Å². The number of aryl methyl sites for hydroxylation is 1. The molecular formula is C13H11N3O. The van der Waals surface area contributed by atoms with Crippen molar-refractivity contribution in [3.8, 4) is 0 Å². The SMILES string of the molecule is Cc1cnc(/C=C2\C(=O)Nc3ccccc32)[nH]1. The Bertz CT molecular complexity index is 625. The number of benzene rings is 1. The van der Waals surface area contributed by atoms with Crippen molar-refractivity contribution in [1.29, 1.82) is 0 Å². The fraction of sp³-hybridized carbons (Fsp3) is 0.0769. The van der Waals surface area contributed by atoms with E-state index in [1.54, 1.807) is 12.3 Å². The number of anilines is 1. The second-order valence-electron chi connectivity index (χ2n) is 4.01. The molecule has 2 aromatic rings. The number of imidazole rings is 1. The predicted molar refractivity (Wildman–Crippen MR) is 66.3 cm³/mol. The fourth-order valence-electron chi connectivity index (χ4n) is 1.93. The third-order valence-electron chi connectivity index (χ3n) is 2.71. The van der Waals surface area contributed by atoms with Crippen molar-refractivity contribution in [1.82, 2.24) is 9.97 Å². The van der Waals surface area contributed by atoms with E-state index < -0.39 is 0 Å². The number of H-pyrrole nitrogens is 1. The first-order valence-electron chi connectivity index (χ1n) is 5.38. The van der Waals surface area contributed by atoms with Crippen LogP contribution in [0.4, 0.5) is 5.69 Å². The van der Waals surface area contributed by atoms with Gasteiger partial charge in [0, 0.05) is 23.1 Å². The maximum atomic E-state index is 11.8. The van der Waals surface area contributed by atoms with E-state index in [1.165, 1.54) is 0 Å². The lowest BCUT2D eigenvalue weighted by molar-refractivity contribution is -0.110. The monoisotopic (exact) mass is 225 g/mol. The zero-order valence-electron chi connectivity index (χ0n) is 9.32. The Morgan fingerprint density at radius 3 is 2.88 bits per heavy atom. The highest BCUT2D eigenvalue weighted by atomic mass is 16.2. The van der Waals surface area contributed by atoms with Gasteiger partial charge in [-0.05, 0) is 19.1 Å². The lowest BCUT2D eigenvalue weighted by atomic mass is 10.1. The smallest absolute Gasteiger partial charge is 0.256 e. The van der Waals surface area contributed by atoms with Crippen molar-refractivity contribution < 1.29 is 4.79 Å². The van der Waals surface area contributed by atoms with Crippen LogP contribution in [0.1, 0.15) is 17.1 Å². The Morgan fingerprint density at radius 1 is 1.29 bits per heavy atom. The summed E-state index contributed by atoms with van der Waals surface area (Å²) in [6.45, 7) is 1.93. The second-order valence-corrected chi connectivity index (χ2v) is 4.01. The Balaban J connectivity index is 2.09. The number of nitrogens with zero attached hydrogens (tertiary/aromatic N) is 1. The van der Waals surface area contributed by atoms with Crippen LogP contribution in [-0.4, -0.2) is 15.9 Å². The molecule has 4 nitrogen and oxygen atoms in total. The van der Waals surface area contributed by atoms with E-state index in [2.05, 4.69) is 15.3 Å². The number of para-hydroxylation sites is 1. The lowest BCUT2D eigenvalue weighted by Crippen LogP contribution is -2.03. The van der Waals surface area contributed by atoms with Crippen molar-refractivity contribution in [2.24, 2.45) is 0 Å². The van der Waals surface area contributed by atoms with Gasteiger partial charge in [0.15, 0.2) is 0 Å². The Labute approximate surface area is 98.4 Å². The van der Waals surface area contributed by atoms with Gasteiger partial charge in [-0.3, -0.25) is 4.79 Å². The molecule has 3 rings (SSSR count). The van der Waals surface area contributed by atoms with Gasteiger partial charge in [0.25, 0.3) is 5.91 Å². The molecule has 0 saturated heterocycles. The molecule has 2 N–H and O–H groups in total. The summed E-state index contributed by atoms with van der Waals surface area (Å²) in [6, 6.07) is 7.63. The van der Waals surface area contributed by atoms with Gasteiger partial charge in [0.2, 0.25) is 0 Å². The largest absolute Gasteiger partial charge is 0.343 e. The summed E-state index contributed by atoms with van der Waals surface area (Å²) in [5.41, 5.74) is 3.40. The lowest BCUT2D eigenvalue weighted by Gasteiger charge is -1.95. The molecule has 1 aromatic carbocycles. The Morgan fingerprint density at radius 2 is 2.12 bits per heavy atom. The standard InChI is InChI=1S/C13H11N3O/c1-8-7-14-12(15-8)6-10-9-4-2-3-5-11(9)16-13(10)17/h2-7H,1H3,(H,14,15)(H,16,17)/b10-6-. The summed E-state index contributed by atoms with van der Waals surface area (Å²) in [5.74, 6) is 0.615. The van der Waals surface area contributed by atoms with Crippen LogP contribution >= 0.6 is 0 Å². The minimum absolute atomic E-state index is 0.0831. The van der Waals surface area contributed by atoms with Crippen LogP contribution in [-0.2, 0) is 4.79 Å². The molecule has 0 atom stereocenters. The van der Waals surface area contributed by atoms with E-state index >= 15 is 0 Å². The highest BCUT2D eigenvalue weighted by Crippen LogP contribution is 2.32. The third kappa shape index (κ3) is 1.63. The van der Waals surface area contributed by atoms with Crippen molar-refractivity contribution in [3.05, 3.63) is 47.5 Å². The van der Waals surface area contributed by atoms with Crippen LogP contribution in [0, 0.1) is 6.92 Å². The number of nitrogens with one attached hydrogen (secondary N) is 2. The van der Waals surface area contributed by atoms with E-state index in [4.69, 9.17) is 0 Å². The summed E-state index contributed by atoms with van der Waals surface area (Å²) in [7, 11) is 0. The average Bonchev–Trinajstić information content (AvgIpc) is 2.85. The van der Waals surface area contributed by atoms with Crippen molar-refractivity contribution in [3.63, 3.8) is 0 Å². The molecule has 0 bridgehead atoms. The van der Waals surface area contributed by atoms with Gasteiger partial charge in [-0.15, -0.1) is 0 Å². The van der Waals surface area contributed by atoms with Crippen molar-refractivity contribution >= 4 is 23.2 Å². The van der Waals surface area contributed by atoms with E-state index in [9.17, 15) is 4.79 Å². The molecule has 0 saturated carbocycles. The molecular weight excluding hydrogens is 214 g/mol. The first kappa shape index (κ1) is 9.84. The topological polar surface area (TPSA) is 57.8 Å². The molecule has 17 heavy (non-hydrogen) atoms. The molecule has 0 spiro atoms. The zero-order chi connectivity index (χ0) is 11.8. The van der Waals surface area contributed by atoms with Gasteiger partial charge < -0.3 is 10.3 Å². The Kier molecular flexibility index (Phi) is 2.08. The number of amides is 1. The highest BCUT2D eigenvalue weighted by molar-refractivity contribution is 6.34. The first-order chi connectivity index (χ1) is 8.24. The second kappa shape index (κ2) is 3.59. The summed E-state index contributed by atoms with van der Waals surface area (Å²) >= 11 is 0. The fourth-order valence-corrected chi connectivity index (χ4v) is 1.93. The predicted octanol–water partition coefficient (Wildman–Crippen LogP) is 2.21. The zero-order valence-corrected chi connectivity index (χ0v) is 9.32. The molecule has 1 amide bonds. The van der Waals surface area contributed by atoms with Gasteiger partial charge in [-0.25, -0.2) is 4.98 Å². The molecule has 0 unspecified atom stereocenters. The molecule has 0 fully saturated rings. The van der Waals surface area contributed by atoms with E-state index in [1.807, 2.05) is 31.2 Å². The minimum Gasteiger partial charge on any atom is -0.343 e. The van der Waals surface area contributed by atoms with Crippen LogP contribution in [0.3, 0.4) is 0 Å². The van der Waals surface area contributed by atoms with Gasteiger partial charge in [0.1, 0.15) is 5.82 Å². The highest BCUT2D eigenvalue weighted by Gasteiger charge is 2.23. The van der Waals surface area contributed by atoms with E-state index in [0.717, 1.165) is 16.9 Å². The molecule has 4 heteroatoms. The summed E-state index contributed by atoms with van der Waals surface area (Å²) < 4.78 is 0. The maximum absolute atomic E-state index is 11.8. The first-order valence-corrected chi connectivity index (χ1v) is 5.38. The normalized spacial score (nSPS) is 16.1. The molecule has 2 heterocycles. The van der Waals surface area contributed by atoms with Crippen LogP contribution < -0.4 is 5.32 Å². The maximum Gasteiger partial charge on any atom is 0.256 e. The van der Waals surface area contributed by atoms with Crippen molar-refractivity contribution in [2.45, 2.75) is 6.92 Å². The quantitative estimate of drug-likeness (QED) is 0.731.